The zero-order valence-electron chi connectivity index (χ0n) is 13.9. The molecule has 1 aliphatic heterocycles. The predicted molar refractivity (Wildman–Crippen MR) is 88.4 cm³/mol. The zero-order valence-corrected chi connectivity index (χ0v) is 13.9. The minimum absolute atomic E-state index is 0.114. The average Bonchev–Trinajstić information content (AvgIpc) is 3.05. The Morgan fingerprint density at radius 2 is 2.17 bits per heavy atom. The van der Waals surface area contributed by atoms with Gasteiger partial charge >= 0.3 is 0 Å². The highest BCUT2D eigenvalue weighted by atomic mass is 16.5. The second kappa shape index (κ2) is 6.86. The first kappa shape index (κ1) is 16.2. The Bertz CT molecular complexity index is 753. The SMILES string of the molecule is Cc1cccc(OCCN2C(=O)C[C@@H](Cc3cnn(C)c3)C2=O)c1. The number of imide groups is 1. The summed E-state index contributed by atoms with van der Waals surface area (Å²) in [7, 11) is 1.83. The van der Waals surface area contributed by atoms with E-state index in [-0.39, 0.29) is 30.7 Å². The Morgan fingerprint density at radius 3 is 2.88 bits per heavy atom. The van der Waals surface area contributed by atoms with Crippen molar-refractivity contribution in [1.82, 2.24) is 14.7 Å². The van der Waals surface area contributed by atoms with Crippen LogP contribution in [0, 0.1) is 12.8 Å². The highest BCUT2D eigenvalue weighted by molar-refractivity contribution is 6.03. The normalized spacial score (nSPS) is 17.6. The van der Waals surface area contributed by atoms with E-state index in [9.17, 15) is 9.59 Å². The predicted octanol–water partition coefficient (Wildman–Crippen LogP) is 1.73. The highest BCUT2D eigenvalue weighted by Crippen LogP contribution is 2.23. The van der Waals surface area contributed by atoms with E-state index in [4.69, 9.17) is 4.74 Å². The van der Waals surface area contributed by atoms with Crippen molar-refractivity contribution < 1.29 is 14.3 Å². The summed E-state index contributed by atoms with van der Waals surface area (Å²) in [5.74, 6) is 0.222. The number of carbonyl (C=O) groups excluding carboxylic acids is 2. The Labute approximate surface area is 141 Å². The lowest BCUT2D eigenvalue weighted by molar-refractivity contribution is -0.139. The third-order valence-electron chi connectivity index (χ3n) is 4.15. The number of carbonyl (C=O) groups is 2. The standard InChI is InChI=1S/C18H21N3O3/c1-13-4-3-5-16(8-13)24-7-6-21-17(22)10-15(18(21)23)9-14-11-19-20(2)12-14/h3-5,8,11-12,15H,6-7,9-10H2,1-2H3/t15-/m1/s1. The summed E-state index contributed by atoms with van der Waals surface area (Å²) in [6.45, 7) is 2.58. The molecule has 0 spiro atoms. The van der Waals surface area contributed by atoms with E-state index in [1.807, 2.05) is 44.4 Å². The number of nitrogens with zero attached hydrogens (tertiary/aromatic N) is 3. The van der Waals surface area contributed by atoms with Crippen LogP contribution in [0.2, 0.25) is 0 Å². The first-order valence-corrected chi connectivity index (χ1v) is 8.04. The smallest absolute Gasteiger partial charge is 0.233 e. The zero-order chi connectivity index (χ0) is 17.1. The van der Waals surface area contributed by atoms with E-state index in [1.54, 1.807) is 10.9 Å². The van der Waals surface area contributed by atoms with Crippen molar-refractivity contribution in [1.29, 1.82) is 0 Å². The molecule has 1 aromatic carbocycles. The van der Waals surface area contributed by atoms with Gasteiger partial charge < -0.3 is 4.74 Å². The Balaban J connectivity index is 1.54. The molecule has 0 bridgehead atoms. The van der Waals surface area contributed by atoms with Crippen LogP contribution in [0.4, 0.5) is 0 Å². The van der Waals surface area contributed by atoms with E-state index in [0.29, 0.717) is 13.0 Å². The fraction of sp³-hybridized carbons (Fsp3) is 0.389. The molecule has 126 valence electrons. The molecule has 6 nitrogen and oxygen atoms in total. The van der Waals surface area contributed by atoms with Crippen molar-refractivity contribution >= 4 is 11.8 Å². The van der Waals surface area contributed by atoms with Crippen molar-refractivity contribution in [3.63, 3.8) is 0 Å². The molecule has 6 heteroatoms. The molecule has 1 fully saturated rings. The number of hydrogen-bond donors (Lipinski definition) is 0. The van der Waals surface area contributed by atoms with Crippen LogP contribution in [0.15, 0.2) is 36.7 Å². The van der Waals surface area contributed by atoms with Gasteiger partial charge in [-0.15, -0.1) is 0 Å². The van der Waals surface area contributed by atoms with Crippen LogP contribution in [-0.2, 0) is 23.1 Å². The maximum atomic E-state index is 12.4. The fourth-order valence-corrected chi connectivity index (χ4v) is 2.97. The number of likely N-dealkylation sites (tertiary alicyclic amines) is 1. The van der Waals surface area contributed by atoms with Gasteiger partial charge in [0.15, 0.2) is 0 Å². The molecule has 1 aliphatic rings. The maximum absolute atomic E-state index is 12.4. The summed E-state index contributed by atoms with van der Waals surface area (Å²) in [4.78, 5) is 25.9. The lowest BCUT2D eigenvalue weighted by Gasteiger charge is -2.15. The minimum atomic E-state index is -0.291. The fourth-order valence-electron chi connectivity index (χ4n) is 2.97. The van der Waals surface area contributed by atoms with Gasteiger partial charge in [-0.1, -0.05) is 12.1 Å². The number of benzene rings is 1. The van der Waals surface area contributed by atoms with Crippen molar-refractivity contribution in [3.05, 3.63) is 47.8 Å². The summed E-state index contributed by atoms with van der Waals surface area (Å²) < 4.78 is 7.34. The van der Waals surface area contributed by atoms with E-state index in [2.05, 4.69) is 5.10 Å². The molecule has 2 aromatic rings. The molecule has 0 N–H and O–H groups in total. The van der Waals surface area contributed by atoms with Crippen LogP contribution in [0.3, 0.4) is 0 Å². The summed E-state index contributed by atoms with van der Waals surface area (Å²) in [6.07, 6.45) is 4.42. The molecule has 0 unspecified atom stereocenters. The summed E-state index contributed by atoms with van der Waals surface area (Å²) in [5, 5.41) is 4.10. The van der Waals surface area contributed by atoms with E-state index < -0.39 is 0 Å². The maximum Gasteiger partial charge on any atom is 0.233 e. The van der Waals surface area contributed by atoms with Gasteiger partial charge in [-0.25, -0.2) is 0 Å². The molecule has 0 saturated carbocycles. The second-order valence-electron chi connectivity index (χ2n) is 6.18. The van der Waals surface area contributed by atoms with E-state index in [1.165, 1.54) is 4.90 Å². The van der Waals surface area contributed by atoms with Gasteiger partial charge in [0.1, 0.15) is 12.4 Å². The lowest BCUT2D eigenvalue weighted by Crippen LogP contribution is -2.34. The van der Waals surface area contributed by atoms with Crippen LogP contribution >= 0.6 is 0 Å². The first-order chi connectivity index (χ1) is 11.5. The minimum Gasteiger partial charge on any atom is -0.492 e. The van der Waals surface area contributed by atoms with Crippen molar-refractivity contribution in [2.75, 3.05) is 13.2 Å². The molecule has 0 aliphatic carbocycles. The molecule has 3 rings (SSSR count). The van der Waals surface area contributed by atoms with Crippen LogP contribution in [0.25, 0.3) is 0 Å². The number of aromatic nitrogens is 2. The van der Waals surface area contributed by atoms with E-state index in [0.717, 1.165) is 16.9 Å². The number of aryl methyl sites for hydroxylation is 2. The van der Waals surface area contributed by atoms with Crippen LogP contribution < -0.4 is 4.74 Å². The Kier molecular flexibility index (Phi) is 4.64. The molecule has 1 saturated heterocycles. The van der Waals surface area contributed by atoms with E-state index >= 15 is 0 Å². The monoisotopic (exact) mass is 327 g/mol. The largest absolute Gasteiger partial charge is 0.492 e. The van der Waals surface area contributed by atoms with Crippen LogP contribution in [-0.4, -0.2) is 39.6 Å². The van der Waals surface area contributed by atoms with Crippen molar-refractivity contribution in [3.8, 4) is 5.75 Å². The molecule has 2 amide bonds. The topological polar surface area (TPSA) is 64.4 Å². The lowest BCUT2D eigenvalue weighted by atomic mass is 10.0. The van der Waals surface area contributed by atoms with Gasteiger partial charge in [0.2, 0.25) is 11.8 Å². The number of hydrogen-bond acceptors (Lipinski definition) is 4. The van der Waals surface area contributed by atoms with Gasteiger partial charge in [-0.2, -0.15) is 5.10 Å². The second-order valence-corrected chi connectivity index (χ2v) is 6.18. The molecule has 1 atom stereocenters. The van der Waals surface area contributed by atoms with Gasteiger partial charge in [0.25, 0.3) is 0 Å². The van der Waals surface area contributed by atoms with Gasteiger partial charge in [-0.05, 0) is 36.6 Å². The third-order valence-corrected chi connectivity index (χ3v) is 4.15. The molecular formula is C18H21N3O3. The number of amides is 2. The first-order valence-electron chi connectivity index (χ1n) is 8.04. The Morgan fingerprint density at radius 1 is 1.33 bits per heavy atom. The van der Waals surface area contributed by atoms with Gasteiger partial charge in [-0.3, -0.25) is 19.2 Å². The van der Waals surface area contributed by atoms with Gasteiger partial charge in [0, 0.05) is 19.7 Å². The summed E-state index contributed by atoms with van der Waals surface area (Å²) >= 11 is 0. The van der Waals surface area contributed by atoms with Crippen LogP contribution in [0.1, 0.15) is 17.5 Å². The molecule has 2 heterocycles. The average molecular weight is 327 g/mol. The highest BCUT2D eigenvalue weighted by Gasteiger charge is 2.38. The van der Waals surface area contributed by atoms with Gasteiger partial charge in [0.05, 0.1) is 18.7 Å². The Hall–Kier alpha value is -2.63. The van der Waals surface area contributed by atoms with Crippen molar-refractivity contribution in [2.45, 2.75) is 19.8 Å². The molecule has 0 radical (unpaired) electrons. The molecular weight excluding hydrogens is 306 g/mol. The number of rotatable bonds is 6. The molecule has 1 aromatic heterocycles. The molecule has 24 heavy (non-hydrogen) atoms. The van der Waals surface area contributed by atoms with Crippen LogP contribution in [0.5, 0.6) is 5.75 Å². The summed E-state index contributed by atoms with van der Waals surface area (Å²) in [5.41, 5.74) is 2.08. The summed E-state index contributed by atoms with van der Waals surface area (Å²) in [6, 6.07) is 7.70. The van der Waals surface area contributed by atoms with Crippen molar-refractivity contribution in [2.24, 2.45) is 13.0 Å². The third kappa shape index (κ3) is 3.64. The quantitative estimate of drug-likeness (QED) is 0.758. The number of ether oxygens (including phenoxy) is 1.